The molecular formula is C11H16N4O3S. The topological polar surface area (TPSA) is 119 Å². The van der Waals surface area contributed by atoms with E-state index in [-0.39, 0.29) is 24.0 Å². The van der Waals surface area contributed by atoms with Crippen molar-refractivity contribution in [3.05, 3.63) is 23.9 Å². The summed E-state index contributed by atoms with van der Waals surface area (Å²) in [5.74, 6) is -0.0655. The molecule has 19 heavy (non-hydrogen) atoms. The van der Waals surface area contributed by atoms with Crippen molar-refractivity contribution in [1.29, 1.82) is 0 Å². The van der Waals surface area contributed by atoms with Crippen LogP contribution in [-0.2, 0) is 21.4 Å². The molecule has 0 saturated carbocycles. The van der Waals surface area contributed by atoms with Gasteiger partial charge in [-0.3, -0.25) is 4.79 Å². The van der Waals surface area contributed by atoms with E-state index in [1.165, 1.54) is 0 Å². The van der Waals surface area contributed by atoms with Crippen LogP contribution in [0.3, 0.4) is 0 Å². The lowest BCUT2D eigenvalue weighted by Crippen LogP contribution is -2.27. The van der Waals surface area contributed by atoms with Gasteiger partial charge in [0.05, 0.1) is 5.75 Å². The van der Waals surface area contributed by atoms with Crippen LogP contribution < -0.4 is 10.9 Å². The maximum atomic E-state index is 11.8. The molecule has 7 nitrogen and oxygen atoms in total. The number of nitrogen functional groups attached to an aromatic ring is 1. The average molecular weight is 284 g/mol. The third-order valence-corrected chi connectivity index (χ3v) is 3.92. The fourth-order valence-corrected chi connectivity index (χ4v) is 3.14. The van der Waals surface area contributed by atoms with Gasteiger partial charge in [0.15, 0.2) is 0 Å². The summed E-state index contributed by atoms with van der Waals surface area (Å²) < 4.78 is 22.1. The number of nitrogens with two attached hydrogens (primary N) is 2. The van der Waals surface area contributed by atoms with E-state index in [0.717, 1.165) is 5.56 Å². The maximum absolute atomic E-state index is 11.8. The molecule has 0 bridgehead atoms. The number of anilines is 1. The number of sulfonamides is 1. The Kier molecular flexibility index (Phi) is 3.72. The first-order chi connectivity index (χ1) is 8.83. The number of carbonyl (C=O) groups excluding carboxylic acids is 1. The van der Waals surface area contributed by atoms with Crippen molar-refractivity contribution >= 4 is 21.7 Å². The summed E-state index contributed by atoms with van der Waals surface area (Å²) in [5.41, 5.74) is 6.44. The number of pyridine rings is 1. The third-order valence-electron chi connectivity index (χ3n) is 2.98. The molecule has 1 fully saturated rings. The molecule has 2 heterocycles. The number of rotatable bonds is 4. The van der Waals surface area contributed by atoms with E-state index in [0.29, 0.717) is 18.9 Å². The molecule has 1 atom stereocenters. The van der Waals surface area contributed by atoms with E-state index < -0.39 is 10.0 Å². The third kappa shape index (κ3) is 3.90. The van der Waals surface area contributed by atoms with Crippen LogP contribution in [0, 0.1) is 5.92 Å². The van der Waals surface area contributed by atoms with Crippen LogP contribution in [0.1, 0.15) is 12.0 Å². The van der Waals surface area contributed by atoms with Gasteiger partial charge in [-0.1, -0.05) is 0 Å². The number of amides is 1. The zero-order valence-corrected chi connectivity index (χ0v) is 11.1. The van der Waals surface area contributed by atoms with E-state index in [4.69, 9.17) is 10.9 Å². The lowest BCUT2D eigenvalue weighted by Gasteiger charge is -2.16. The van der Waals surface area contributed by atoms with E-state index in [1.807, 2.05) is 0 Å². The number of aromatic nitrogens is 1. The maximum Gasteiger partial charge on any atom is 0.223 e. The zero-order chi connectivity index (χ0) is 14.0. The van der Waals surface area contributed by atoms with Gasteiger partial charge in [0.1, 0.15) is 5.82 Å². The summed E-state index contributed by atoms with van der Waals surface area (Å²) >= 11 is 0. The highest BCUT2D eigenvalue weighted by Crippen LogP contribution is 2.21. The minimum Gasteiger partial charge on any atom is -0.384 e. The summed E-state index contributed by atoms with van der Waals surface area (Å²) in [6, 6.07) is 3.47. The predicted octanol–water partition coefficient (Wildman–Crippen LogP) is -0.699. The molecular weight excluding hydrogens is 268 g/mol. The van der Waals surface area contributed by atoms with Gasteiger partial charge in [0.25, 0.3) is 0 Å². The predicted molar refractivity (Wildman–Crippen MR) is 70.1 cm³/mol. The molecule has 2 rings (SSSR count). The fraction of sp³-hybridized carbons (Fsp3) is 0.455. The quantitative estimate of drug-likeness (QED) is 0.757. The van der Waals surface area contributed by atoms with Gasteiger partial charge in [-0.25, -0.2) is 18.5 Å². The van der Waals surface area contributed by atoms with Crippen LogP contribution in [-0.4, -0.2) is 36.5 Å². The van der Waals surface area contributed by atoms with Gasteiger partial charge in [-0.05, 0) is 17.7 Å². The number of carbonyl (C=O) groups is 1. The van der Waals surface area contributed by atoms with Crippen LogP contribution in [0.4, 0.5) is 5.82 Å². The highest BCUT2D eigenvalue weighted by atomic mass is 32.2. The smallest absolute Gasteiger partial charge is 0.223 e. The Bertz CT molecular complexity index is 587. The van der Waals surface area contributed by atoms with E-state index in [1.54, 1.807) is 23.2 Å². The summed E-state index contributed by atoms with van der Waals surface area (Å²) in [4.78, 5) is 17.3. The number of nitrogens with zero attached hydrogens (tertiary/aromatic N) is 2. The average Bonchev–Trinajstić information content (AvgIpc) is 2.56. The van der Waals surface area contributed by atoms with Crippen molar-refractivity contribution < 1.29 is 13.2 Å². The molecule has 1 aromatic heterocycles. The largest absolute Gasteiger partial charge is 0.384 e. The second-order valence-corrected chi connectivity index (χ2v) is 6.42. The molecule has 1 saturated heterocycles. The van der Waals surface area contributed by atoms with Crippen molar-refractivity contribution in [2.75, 3.05) is 18.0 Å². The first-order valence-corrected chi connectivity index (χ1v) is 7.54. The first kappa shape index (κ1) is 13.8. The van der Waals surface area contributed by atoms with Gasteiger partial charge in [-0.15, -0.1) is 0 Å². The Morgan fingerprint density at radius 2 is 2.21 bits per heavy atom. The number of likely N-dealkylation sites (tertiary alicyclic amines) is 1. The van der Waals surface area contributed by atoms with Gasteiger partial charge in [0, 0.05) is 31.6 Å². The van der Waals surface area contributed by atoms with Crippen molar-refractivity contribution in [2.24, 2.45) is 11.1 Å². The SMILES string of the molecule is Nc1cc(CN2CC(CS(N)(=O)=O)CC2=O)ccn1. The second kappa shape index (κ2) is 5.14. The molecule has 1 unspecified atom stereocenters. The summed E-state index contributed by atoms with van der Waals surface area (Å²) in [6.45, 7) is 0.810. The summed E-state index contributed by atoms with van der Waals surface area (Å²) in [5, 5.41) is 5.00. The lowest BCUT2D eigenvalue weighted by molar-refractivity contribution is -0.128. The standard InChI is InChI=1S/C11H16N4O3S/c12-10-3-8(1-2-14-10)5-15-6-9(4-11(15)16)7-19(13,17)18/h1-3,9H,4-7H2,(H2,12,14)(H2,13,17,18). The minimum atomic E-state index is -3.54. The van der Waals surface area contributed by atoms with Gasteiger partial charge in [0.2, 0.25) is 15.9 Å². The normalized spacial score (nSPS) is 19.9. The molecule has 0 spiro atoms. The van der Waals surface area contributed by atoms with Crippen LogP contribution in [0.2, 0.25) is 0 Å². The molecule has 4 N–H and O–H groups in total. The van der Waals surface area contributed by atoms with Crippen molar-refractivity contribution in [3.63, 3.8) is 0 Å². The Labute approximate surface area is 111 Å². The fourth-order valence-electron chi connectivity index (χ4n) is 2.26. The Balaban J connectivity index is 2.01. The number of primary sulfonamides is 1. The zero-order valence-electron chi connectivity index (χ0n) is 10.3. The Hall–Kier alpha value is -1.67. The first-order valence-electron chi connectivity index (χ1n) is 5.82. The monoisotopic (exact) mass is 284 g/mol. The van der Waals surface area contributed by atoms with Gasteiger partial charge in [-0.2, -0.15) is 0 Å². The van der Waals surface area contributed by atoms with Crippen molar-refractivity contribution in [2.45, 2.75) is 13.0 Å². The second-order valence-electron chi connectivity index (χ2n) is 4.76. The molecule has 1 amide bonds. The van der Waals surface area contributed by atoms with E-state index in [9.17, 15) is 13.2 Å². The lowest BCUT2D eigenvalue weighted by atomic mass is 10.1. The molecule has 8 heteroatoms. The molecule has 0 radical (unpaired) electrons. The number of hydrogen-bond donors (Lipinski definition) is 2. The van der Waals surface area contributed by atoms with Crippen LogP contribution in [0.15, 0.2) is 18.3 Å². The minimum absolute atomic E-state index is 0.0657. The summed E-state index contributed by atoms with van der Waals surface area (Å²) in [7, 11) is -3.54. The van der Waals surface area contributed by atoms with Crippen molar-refractivity contribution in [1.82, 2.24) is 9.88 Å². The van der Waals surface area contributed by atoms with Crippen LogP contribution >= 0.6 is 0 Å². The molecule has 1 aliphatic heterocycles. The molecule has 0 aromatic carbocycles. The van der Waals surface area contributed by atoms with Crippen LogP contribution in [0.25, 0.3) is 0 Å². The van der Waals surface area contributed by atoms with Crippen molar-refractivity contribution in [3.8, 4) is 0 Å². The Morgan fingerprint density at radius 1 is 1.47 bits per heavy atom. The summed E-state index contributed by atoms with van der Waals surface area (Å²) in [6.07, 6.45) is 1.80. The molecule has 1 aromatic rings. The van der Waals surface area contributed by atoms with Crippen LogP contribution in [0.5, 0.6) is 0 Å². The highest BCUT2D eigenvalue weighted by Gasteiger charge is 2.31. The molecule has 1 aliphatic rings. The number of hydrogen-bond acceptors (Lipinski definition) is 5. The van der Waals surface area contributed by atoms with E-state index >= 15 is 0 Å². The van der Waals surface area contributed by atoms with Gasteiger partial charge < -0.3 is 10.6 Å². The van der Waals surface area contributed by atoms with E-state index in [2.05, 4.69) is 4.98 Å². The van der Waals surface area contributed by atoms with Gasteiger partial charge >= 0.3 is 0 Å². The Morgan fingerprint density at radius 3 is 2.84 bits per heavy atom. The highest BCUT2D eigenvalue weighted by molar-refractivity contribution is 7.89. The molecule has 0 aliphatic carbocycles. The molecule has 104 valence electrons.